The van der Waals surface area contributed by atoms with Gasteiger partial charge in [0.05, 0.1) is 12.7 Å². The lowest BCUT2D eigenvalue weighted by atomic mass is 10.2. The highest BCUT2D eigenvalue weighted by Crippen LogP contribution is 2.28. The van der Waals surface area contributed by atoms with Gasteiger partial charge in [0.1, 0.15) is 0 Å². The maximum absolute atomic E-state index is 11.8. The number of halogens is 3. The second-order valence-corrected chi connectivity index (χ2v) is 2.20. The summed E-state index contributed by atoms with van der Waals surface area (Å²) >= 11 is 0. The normalized spacial score (nSPS) is 9.71. The molecule has 0 atom stereocenters. The first-order valence-electron chi connectivity index (χ1n) is 3.61. The lowest BCUT2D eigenvalue weighted by molar-refractivity contribution is -0.137. The van der Waals surface area contributed by atoms with Crippen LogP contribution in [0.5, 0.6) is 0 Å². The summed E-state index contributed by atoms with van der Waals surface area (Å²) in [6.45, 7) is 0.375. The summed E-state index contributed by atoms with van der Waals surface area (Å²) in [5, 5.41) is 0. The fraction of sp³-hybridized carbons (Fsp3) is 0.222. The van der Waals surface area contributed by atoms with Gasteiger partial charge in [-0.2, -0.15) is 13.2 Å². The molecule has 0 saturated heterocycles. The Labute approximate surface area is 79.3 Å². The number of ether oxygens (including phenoxy) is 1. The van der Waals surface area contributed by atoms with Gasteiger partial charge in [0.2, 0.25) is 0 Å². The van der Waals surface area contributed by atoms with Gasteiger partial charge in [0.15, 0.2) is 0 Å². The number of benzene rings is 1. The van der Waals surface area contributed by atoms with Gasteiger partial charge in [-0.15, -0.1) is 0 Å². The van der Waals surface area contributed by atoms with Crippen LogP contribution >= 0.6 is 0 Å². The Hall–Kier alpha value is -1.52. The first-order chi connectivity index (χ1) is 6.52. The minimum Gasteiger partial charge on any atom is -0.471 e. The summed E-state index contributed by atoms with van der Waals surface area (Å²) in [6, 6.07) is 6.36. The summed E-state index contributed by atoms with van der Waals surface area (Å²) in [7, 11) is 1.31. The van der Waals surface area contributed by atoms with Gasteiger partial charge in [-0.05, 0) is 0 Å². The van der Waals surface area contributed by atoms with Crippen LogP contribution in [0.1, 0.15) is 5.56 Å². The van der Waals surface area contributed by atoms with Crippen LogP contribution < -0.4 is 0 Å². The van der Waals surface area contributed by atoms with Crippen LogP contribution in [0, 0.1) is 0 Å². The van der Waals surface area contributed by atoms with E-state index in [1.165, 1.54) is 19.2 Å². The van der Waals surface area contributed by atoms with E-state index < -0.39 is 11.7 Å². The van der Waals surface area contributed by atoms with Crippen LogP contribution in [-0.2, 0) is 15.7 Å². The second kappa shape index (κ2) is 6.01. The van der Waals surface area contributed by atoms with Gasteiger partial charge >= 0.3 is 6.18 Å². The van der Waals surface area contributed by atoms with Crippen LogP contribution in [-0.4, -0.2) is 13.6 Å². The molecule has 0 saturated carbocycles. The summed E-state index contributed by atoms with van der Waals surface area (Å²) in [6.07, 6.45) is -4.21. The first-order valence-corrected chi connectivity index (χ1v) is 3.61. The third kappa shape index (κ3) is 5.18. The number of hydrogen-bond donors (Lipinski definition) is 0. The molecule has 0 fully saturated rings. The van der Waals surface area contributed by atoms with Crippen molar-refractivity contribution in [2.75, 3.05) is 7.11 Å². The predicted octanol–water partition coefficient (Wildman–Crippen LogP) is 2.49. The Morgan fingerprint density at radius 3 is 1.86 bits per heavy atom. The Balaban J connectivity index is 0.000000364. The molecule has 0 aliphatic heterocycles. The molecule has 78 valence electrons. The Bertz CT molecular complexity index is 257. The molecule has 0 bridgehead atoms. The van der Waals surface area contributed by atoms with Crippen molar-refractivity contribution < 1.29 is 22.7 Å². The Morgan fingerprint density at radius 1 is 1.21 bits per heavy atom. The number of rotatable bonds is 1. The highest BCUT2D eigenvalue weighted by atomic mass is 19.4. The van der Waals surface area contributed by atoms with Gasteiger partial charge in [-0.3, -0.25) is 4.79 Å². The molecule has 0 amide bonds. The molecular formula is C9H9F3O2. The zero-order chi connectivity index (χ0) is 11.0. The van der Waals surface area contributed by atoms with Crippen molar-refractivity contribution in [3.63, 3.8) is 0 Å². The topological polar surface area (TPSA) is 26.3 Å². The standard InChI is InChI=1S/C7H5F3.C2H4O2/c8-7(9,10)6-4-2-1-3-5-6;1-4-2-3/h1-5H;2H,1H3. The van der Waals surface area contributed by atoms with E-state index in [1.54, 1.807) is 6.07 Å². The maximum Gasteiger partial charge on any atom is 0.416 e. The lowest BCUT2D eigenvalue weighted by Gasteiger charge is -2.03. The molecule has 1 aromatic carbocycles. The first kappa shape index (κ1) is 12.5. The maximum atomic E-state index is 11.8. The average molecular weight is 206 g/mol. The van der Waals surface area contributed by atoms with Crippen molar-refractivity contribution in [2.45, 2.75) is 6.18 Å². The van der Waals surface area contributed by atoms with Gasteiger partial charge < -0.3 is 4.74 Å². The zero-order valence-corrected chi connectivity index (χ0v) is 7.41. The number of methoxy groups -OCH3 is 1. The molecule has 2 nitrogen and oxygen atoms in total. The Kier molecular flexibility index (Phi) is 5.36. The summed E-state index contributed by atoms with van der Waals surface area (Å²) in [5.74, 6) is 0. The van der Waals surface area contributed by atoms with E-state index in [1.807, 2.05) is 0 Å². The highest BCUT2D eigenvalue weighted by Gasteiger charge is 2.29. The molecule has 0 N–H and O–H groups in total. The van der Waals surface area contributed by atoms with Crippen LogP contribution in [0.25, 0.3) is 0 Å². The zero-order valence-electron chi connectivity index (χ0n) is 7.41. The predicted molar refractivity (Wildman–Crippen MR) is 44.5 cm³/mol. The minimum absolute atomic E-state index is 0.375. The van der Waals surface area contributed by atoms with Crippen molar-refractivity contribution in [3.05, 3.63) is 35.9 Å². The fourth-order valence-corrected chi connectivity index (χ4v) is 0.627. The summed E-state index contributed by atoms with van der Waals surface area (Å²) in [4.78, 5) is 8.95. The molecule has 0 aromatic heterocycles. The van der Waals surface area contributed by atoms with Crippen LogP contribution in [0.3, 0.4) is 0 Å². The second-order valence-electron chi connectivity index (χ2n) is 2.20. The van der Waals surface area contributed by atoms with E-state index in [0.717, 1.165) is 12.1 Å². The van der Waals surface area contributed by atoms with E-state index in [2.05, 4.69) is 4.74 Å². The molecule has 0 unspecified atom stereocenters. The van der Waals surface area contributed by atoms with Crippen molar-refractivity contribution in [3.8, 4) is 0 Å². The molecule has 0 heterocycles. The lowest BCUT2D eigenvalue weighted by Crippen LogP contribution is -2.03. The van der Waals surface area contributed by atoms with E-state index in [4.69, 9.17) is 4.79 Å². The third-order valence-corrected chi connectivity index (χ3v) is 1.20. The Morgan fingerprint density at radius 2 is 1.64 bits per heavy atom. The van der Waals surface area contributed by atoms with Crippen LogP contribution in [0.2, 0.25) is 0 Å². The van der Waals surface area contributed by atoms with E-state index >= 15 is 0 Å². The van der Waals surface area contributed by atoms with Crippen molar-refractivity contribution >= 4 is 6.47 Å². The minimum atomic E-state index is -4.21. The molecule has 1 rings (SSSR count). The van der Waals surface area contributed by atoms with Gasteiger partial charge in [0.25, 0.3) is 6.47 Å². The number of alkyl halides is 3. The fourth-order valence-electron chi connectivity index (χ4n) is 0.627. The van der Waals surface area contributed by atoms with E-state index in [0.29, 0.717) is 6.47 Å². The van der Waals surface area contributed by atoms with E-state index in [-0.39, 0.29) is 0 Å². The van der Waals surface area contributed by atoms with Crippen molar-refractivity contribution in [1.29, 1.82) is 0 Å². The quantitative estimate of drug-likeness (QED) is 0.660. The SMILES string of the molecule is COC=O.FC(F)(F)c1ccccc1. The van der Waals surface area contributed by atoms with Crippen LogP contribution in [0.15, 0.2) is 30.3 Å². The molecular weight excluding hydrogens is 197 g/mol. The smallest absolute Gasteiger partial charge is 0.416 e. The summed E-state index contributed by atoms with van der Waals surface area (Å²) < 4.78 is 39.2. The molecule has 0 spiro atoms. The van der Waals surface area contributed by atoms with Crippen molar-refractivity contribution in [1.82, 2.24) is 0 Å². The largest absolute Gasteiger partial charge is 0.471 e. The average Bonchev–Trinajstić information content (AvgIpc) is 2.18. The monoisotopic (exact) mass is 206 g/mol. The van der Waals surface area contributed by atoms with Crippen molar-refractivity contribution in [2.24, 2.45) is 0 Å². The molecule has 1 aromatic rings. The third-order valence-electron chi connectivity index (χ3n) is 1.20. The van der Waals surface area contributed by atoms with E-state index in [9.17, 15) is 13.2 Å². The van der Waals surface area contributed by atoms with Gasteiger partial charge in [-0.25, -0.2) is 0 Å². The highest BCUT2D eigenvalue weighted by molar-refractivity contribution is 5.36. The number of carbonyl (C=O) groups excluding carboxylic acids is 1. The summed E-state index contributed by atoms with van der Waals surface area (Å²) in [5.41, 5.74) is -0.602. The molecule has 5 heteroatoms. The molecule has 0 radical (unpaired) electrons. The molecule has 0 aliphatic rings. The number of hydrogen-bond acceptors (Lipinski definition) is 2. The molecule has 0 aliphatic carbocycles. The molecule has 14 heavy (non-hydrogen) atoms. The van der Waals surface area contributed by atoms with Gasteiger partial charge in [-0.1, -0.05) is 30.3 Å². The number of carbonyl (C=O) groups is 1. The van der Waals surface area contributed by atoms with Crippen LogP contribution in [0.4, 0.5) is 13.2 Å². The van der Waals surface area contributed by atoms with Gasteiger partial charge in [0, 0.05) is 0 Å².